The fraction of sp³-hybridized carbons (Fsp3) is 0.350. The molecule has 1 atom stereocenters. The lowest BCUT2D eigenvalue weighted by molar-refractivity contribution is -0.122. The summed E-state index contributed by atoms with van der Waals surface area (Å²) in [5, 5.41) is 2.80. The highest BCUT2D eigenvalue weighted by Crippen LogP contribution is 2.29. The van der Waals surface area contributed by atoms with Crippen LogP contribution in [0.5, 0.6) is 11.5 Å². The Labute approximate surface area is 161 Å². The maximum atomic E-state index is 12.5. The Bertz CT molecular complexity index is 763. The van der Waals surface area contributed by atoms with E-state index in [-0.39, 0.29) is 18.3 Å². The van der Waals surface area contributed by atoms with Gasteiger partial charge < -0.3 is 20.5 Å². The van der Waals surface area contributed by atoms with E-state index in [0.717, 1.165) is 16.9 Å². The summed E-state index contributed by atoms with van der Waals surface area (Å²) in [7, 11) is 1.56. The second kappa shape index (κ2) is 9.34. The van der Waals surface area contributed by atoms with Crippen molar-refractivity contribution in [1.29, 1.82) is 0 Å². The van der Waals surface area contributed by atoms with Gasteiger partial charge >= 0.3 is 0 Å². The van der Waals surface area contributed by atoms with E-state index in [2.05, 4.69) is 19.2 Å². The Morgan fingerprint density at radius 2 is 1.81 bits per heavy atom. The Hall–Kier alpha value is -2.40. The van der Waals surface area contributed by atoms with Gasteiger partial charge in [-0.25, -0.2) is 0 Å². The molecule has 2 aromatic rings. The van der Waals surface area contributed by atoms with Gasteiger partial charge in [-0.05, 0) is 49.1 Å². The molecule has 0 aliphatic heterocycles. The zero-order valence-corrected chi connectivity index (χ0v) is 16.6. The maximum absolute atomic E-state index is 12.5. The maximum Gasteiger partial charge on any atom is 0.265 e. The molecule has 0 spiro atoms. The zero-order valence-electron chi connectivity index (χ0n) is 15.8. The number of aryl methyl sites for hydroxylation is 1. The highest BCUT2D eigenvalue weighted by atomic mass is 35.5. The third-order valence-corrected chi connectivity index (χ3v) is 3.98. The van der Waals surface area contributed by atoms with Crippen LogP contribution < -0.4 is 20.5 Å². The summed E-state index contributed by atoms with van der Waals surface area (Å²) in [6.45, 7) is 7.91. The van der Waals surface area contributed by atoms with Crippen molar-refractivity contribution < 1.29 is 14.3 Å². The van der Waals surface area contributed by atoms with Crippen molar-refractivity contribution in [2.75, 3.05) is 18.2 Å². The van der Waals surface area contributed by atoms with Crippen LogP contribution in [0, 0.1) is 6.92 Å². The molecule has 0 radical (unpaired) electrons. The van der Waals surface area contributed by atoms with E-state index in [1.54, 1.807) is 32.2 Å². The first-order valence-electron chi connectivity index (χ1n) is 8.33. The molecular formula is C20H27ClN2O3. The monoisotopic (exact) mass is 378 g/mol. The van der Waals surface area contributed by atoms with Gasteiger partial charge in [0.1, 0.15) is 11.5 Å². The van der Waals surface area contributed by atoms with E-state index in [0.29, 0.717) is 23.0 Å². The number of rotatable bonds is 6. The highest BCUT2D eigenvalue weighted by molar-refractivity contribution is 5.97. The molecule has 3 N–H and O–H groups in total. The highest BCUT2D eigenvalue weighted by Gasteiger charge is 2.19. The van der Waals surface area contributed by atoms with Crippen LogP contribution in [0.4, 0.5) is 11.4 Å². The van der Waals surface area contributed by atoms with Crippen LogP contribution in [-0.4, -0.2) is 19.1 Å². The molecule has 1 amide bonds. The number of amides is 1. The van der Waals surface area contributed by atoms with Gasteiger partial charge in [0.05, 0.1) is 18.5 Å². The number of anilines is 2. The molecule has 6 heteroatoms. The summed E-state index contributed by atoms with van der Waals surface area (Å²) in [6.07, 6.45) is -0.662. The molecule has 1 unspecified atom stereocenters. The van der Waals surface area contributed by atoms with Gasteiger partial charge in [-0.1, -0.05) is 26.0 Å². The summed E-state index contributed by atoms with van der Waals surface area (Å²) in [6, 6.07) is 11.2. The van der Waals surface area contributed by atoms with Crippen molar-refractivity contribution in [3.05, 3.63) is 47.5 Å². The molecule has 0 fully saturated rings. The van der Waals surface area contributed by atoms with Crippen molar-refractivity contribution in [2.24, 2.45) is 0 Å². The lowest BCUT2D eigenvalue weighted by atomic mass is 10.0. The van der Waals surface area contributed by atoms with E-state index in [4.69, 9.17) is 15.2 Å². The minimum absolute atomic E-state index is 0. The molecule has 0 aliphatic carbocycles. The Morgan fingerprint density at radius 1 is 1.12 bits per heavy atom. The first-order valence-corrected chi connectivity index (χ1v) is 8.33. The quantitative estimate of drug-likeness (QED) is 0.724. The molecule has 0 aliphatic rings. The molecule has 0 aromatic heterocycles. The fourth-order valence-corrected chi connectivity index (χ4v) is 2.47. The minimum Gasteiger partial charge on any atom is -0.497 e. The minimum atomic E-state index is -0.662. The number of benzene rings is 2. The second-order valence-corrected chi connectivity index (χ2v) is 6.40. The topological polar surface area (TPSA) is 73.6 Å². The van der Waals surface area contributed by atoms with E-state index < -0.39 is 6.10 Å². The molecule has 2 rings (SSSR count). The van der Waals surface area contributed by atoms with E-state index >= 15 is 0 Å². The molecule has 2 aromatic carbocycles. The van der Waals surface area contributed by atoms with Crippen LogP contribution in [0.3, 0.4) is 0 Å². The lowest BCUT2D eigenvalue weighted by Gasteiger charge is -2.20. The first kappa shape index (κ1) is 21.6. The largest absolute Gasteiger partial charge is 0.497 e. The SMILES string of the molecule is COc1ccc(N)c(NC(=O)C(C)Oc2cc(C)ccc2C(C)C)c1.Cl. The average Bonchev–Trinajstić information content (AvgIpc) is 2.56. The van der Waals surface area contributed by atoms with Gasteiger partial charge in [0.2, 0.25) is 0 Å². The lowest BCUT2D eigenvalue weighted by Crippen LogP contribution is -2.30. The molecule has 142 valence electrons. The first-order chi connectivity index (χ1) is 11.8. The van der Waals surface area contributed by atoms with Crippen LogP contribution in [0.2, 0.25) is 0 Å². The number of nitrogens with one attached hydrogen (secondary N) is 1. The standard InChI is InChI=1S/C20H26N2O3.ClH/c1-12(2)16-8-6-13(3)10-19(16)25-14(4)20(23)22-18-11-15(24-5)7-9-17(18)21;/h6-12,14H,21H2,1-5H3,(H,22,23);1H. The summed E-state index contributed by atoms with van der Waals surface area (Å²) < 4.78 is 11.1. The van der Waals surface area contributed by atoms with Crippen molar-refractivity contribution in [1.82, 2.24) is 0 Å². The van der Waals surface area contributed by atoms with Crippen molar-refractivity contribution in [3.63, 3.8) is 0 Å². The van der Waals surface area contributed by atoms with Crippen LogP contribution in [0.15, 0.2) is 36.4 Å². The summed E-state index contributed by atoms with van der Waals surface area (Å²) in [4.78, 5) is 12.5. The summed E-state index contributed by atoms with van der Waals surface area (Å²) in [5.74, 6) is 1.39. The van der Waals surface area contributed by atoms with Crippen LogP contribution in [-0.2, 0) is 4.79 Å². The van der Waals surface area contributed by atoms with Crippen LogP contribution in [0.25, 0.3) is 0 Å². The van der Waals surface area contributed by atoms with Crippen molar-refractivity contribution in [3.8, 4) is 11.5 Å². The predicted octanol–water partition coefficient (Wildman–Crippen LogP) is 4.54. The molecule has 0 heterocycles. The third kappa shape index (κ3) is 5.30. The van der Waals surface area contributed by atoms with Gasteiger partial charge in [0.25, 0.3) is 5.91 Å². The van der Waals surface area contributed by atoms with Gasteiger partial charge in [0.15, 0.2) is 6.10 Å². The van der Waals surface area contributed by atoms with Crippen LogP contribution >= 0.6 is 12.4 Å². The molecule has 26 heavy (non-hydrogen) atoms. The molecule has 0 bridgehead atoms. The predicted molar refractivity (Wildman–Crippen MR) is 109 cm³/mol. The number of ether oxygens (including phenoxy) is 2. The number of methoxy groups -OCH3 is 1. The van der Waals surface area contributed by atoms with E-state index in [1.165, 1.54) is 0 Å². The van der Waals surface area contributed by atoms with Crippen molar-refractivity contribution >= 4 is 29.7 Å². The third-order valence-electron chi connectivity index (χ3n) is 3.98. The molecule has 0 saturated carbocycles. The normalized spacial score (nSPS) is 11.5. The number of nitrogens with two attached hydrogens (primary N) is 1. The number of hydrogen-bond acceptors (Lipinski definition) is 4. The van der Waals surface area contributed by atoms with Crippen molar-refractivity contribution in [2.45, 2.75) is 39.7 Å². The molecular weight excluding hydrogens is 352 g/mol. The molecule has 5 nitrogen and oxygen atoms in total. The van der Waals surface area contributed by atoms with Gasteiger partial charge in [-0.15, -0.1) is 12.4 Å². The van der Waals surface area contributed by atoms with E-state index in [9.17, 15) is 4.79 Å². The number of carbonyl (C=O) groups is 1. The molecule has 0 saturated heterocycles. The number of carbonyl (C=O) groups excluding carboxylic acids is 1. The smallest absolute Gasteiger partial charge is 0.265 e. The Morgan fingerprint density at radius 3 is 2.42 bits per heavy atom. The average molecular weight is 379 g/mol. The fourth-order valence-electron chi connectivity index (χ4n) is 2.47. The summed E-state index contributed by atoms with van der Waals surface area (Å²) in [5.41, 5.74) is 9.06. The Kier molecular flexibility index (Phi) is 7.77. The number of hydrogen-bond donors (Lipinski definition) is 2. The van der Waals surface area contributed by atoms with Gasteiger partial charge in [0, 0.05) is 6.07 Å². The Balaban J connectivity index is 0.00000338. The van der Waals surface area contributed by atoms with Gasteiger partial charge in [-0.2, -0.15) is 0 Å². The van der Waals surface area contributed by atoms with E-state index in [1.807, 2.05) is 25.1 Å². The number of halogens is 1. The number of nitrogen functional groups attached to an aromatic ring is 1. The van der Waals surface area contributed by atoms with Gasteiger partial charge in [-0.3, -0.25) is 4.79 Å². The summed E-state index contributed by atoms with van der Waals surface area (Å²) >= 11 is 0. The second-order valence-electron chi connectivity index (χ2n) is 6.40. The zero-order chi connectivity index (χ0) is 18.6. The van der Waals surface area contributed by atoms with Crippen LogP contribution in [0.1, 0.15) is 37.8 Å².